The lowest BCUT2D eigenvalue weighted by Crippen LogP contribution is -2.13. The van der Waals surface area contributed by atoms with Gasteiger partial charge < -0.3 is 10.5 Å². The molecule has 1 rings (SSSR count). The van der Waals surface area contributed by atoms with Gasteiger partial charge in [-0.15, -0.1) is 0 Å². The standard InChI is InChI=1S/C13H19NO2/c1-10(2)7-8-16-12-5-3-11(4-6-12)9-13(14)15/h3-6,10H,7-9H2,1-2H3,(H2,14,15). The largest absolute Gasteiger partial charge is 0.494 e. The van der Waals surface area contributed by atoms with Crippen molar-refractivity contribution < 1.29 is 9.53 Å². The molecule has 0 aromatic heterocycles. The van der Waals surface area contributed by atoms with Crippen LogP contribution in [0, 0.1) is 5.92 Å². The second-order valence-electron chi connectivity index (χ2n) is 4.32. The minimum absolute atomic E-state index is 0.284. The number of ether oxygens (including phenoxy) is 1. The quantitative estimate of drug-likeness (QED) is 0.800. The van der Waals surface area contributed by atoms with Crippen molar-refractivity contribution in [2.45, 2.75) is 26.7 Å². The Morgan fingerprint density at radius 1 is 1.31 bits per heavy atom. The zero-order valence-electron chi connectivity index (χ0n) is 9.90. The Kier molecular flexibility index (Phi) is 4.83. The maximum Gasteiger partial charge on any atom is 0.221 e. The fourth-order valence-electron chi connectivity index (χ4n) is 1.32. The van der Waals surface area contributed by atoms with E-state index in [1.807, 2.05) is 24.3 Å². The van der Waals surface area contributed by atoms with E-state index in [1.165, 1.54) is 0 Å². The zero-order valence-corrected chi connectivity index (χ0v) is 9.90. The minimum atomic E-state index is -0.312. The first-order valence-electron chi connectivity index (χ1n) is 5.58. The minimum Gasteiger partial charge on any atom is -0.494 e. The summed E-state index contributed by atoms with van der Waals surface area (Å²) < 4.78 is 5.56. The molecule has 0 radical (unpaired) electrons. The molecule has 0 saturated carbocycles. The van der Waals surface area contributed by atoms with Gasteiger partial charge in [0, 0.05) is 0 Å². The summed E-state index contributed by atoms with van der Waals surface area (Å²) in [5, 5.41) is 0. The molecule has 16 heavy (non-hydrogen) atoms. The lowest BCUT2D eigenvalue weighted by atomic mass is 10.1. The first-order chi connectivity index (χ1) is 7.58. The van der Waals surface area contributed by atoms with Crippen LogP contribution >= 0.6 is 0 Å². The van der Waals surface area contributed by atoms with E-state index in [4.69, 9.17) is 10.5 Å². The van der Waals surface area contributed by atoms with Crippen LogP contribution in [0.3, 0.4) is 0 Å². The van der Waals surface area contributed by atoms with E-state index in [0.29, 0.717) is 5.92 Å². The molecule has 3 nitrogen and oxygen atoms in total. The number of nitrogens with two attached hydrogens (primary N) is 1. The van der Waals surface area contributed by atoms with Crippen LogP contribution in [0.4, 0.5) is 0 Å². The third-order valence-electron chi connectivity index (χ3n) is 2.27. The highest BCUT2D eigenvalue weighted by Crippen LogP contribution is 2.13. The first-order valence-corrected chi connectivity index (χ1v) is 5.58. The summed E-state index contributed by atoms with van der Waals surface area (Å²) in [6, 6.07) is 7.49. The molecule has 0 heterocycles. The van der Waals surface area contributed by atoms with Gasteiger partial charge in [-0.25, -0.2) is 0 Å². The predicted molar refractivity (Wildman–Crippen MR) is 64.3 cm³/mol. The molecule has 0 fully saturated rings. The van der Waals surface area contributed by atoms with E-state index in [2.05, 4.69) is 13.8 Å². The molecule has 0 unspecified atom stereocenters. The van der Waals surface area contributed by atoms with Crippen LogP contribution in [-0.2, 0) is 11.2 Å². The summed E-state index contributed by atoms with van der Waals surface area (Å²) in [6.45, 7) is 5.06. The molecule has 3 heteroatoms. The summed E-state index contributed by atoms with van der Waals surface area (Å²) in [5.74, 6) is 1.18. The van der Waals surface area contributed by atoms with Crippen molar-refractivity contribution in [3.63, 3.8) is 0 Å². The van der Waals surface area contributed by atoms with Crippen LogP contribution < -0.4 is 10.5 Å². The Morgan fingerprint density at radius 2 is 1.94 bits per heavy atom. The maximum absolute atomic E-state index is 10.7. The predicted octanol–water partition coefficient (Wildman–Crippen LogP) is 2.14. The molecule has 0 atom stereocenters. The summed E-state index contributed by atoms with van der Waals surface area (Å²) >= 11 is 0. The molecule has 0 aliphatic heterocycles. The van der Waals surface area contributed by atoms with Crippen LogP contribution in [0.2, 0.25) is 0 Å². The van der Waals surface area contributed by atoms with Crippen molar-refractivity contribution in [3.8, 4) is 5.75 Å². The number of primary amides is 1. The number of carbonyl (C=O) groups is 1. The van der Waals surface area contributed by atoms with Crippen LogP contribution in [0.15, 0.2) is 24.3 Å². The molecule has 88 valence electrons. The van der Waals surface area contributed by atoms with Crippen molar-refractivity contribution >= 4 is 5.91 Å². The molecular formula is C13H19NO2. The van der Waals surface area contributed by atoms with Crippen molar-refractivity contribution in [3.05, 3.63) is 29.8 Å². The van der Waals surface area contributed by atoms with E-state index in [9.17, 15) is 4.79 Å². The Morgan fingerprint density at radius 3 is 2.44 bits per heavy atom. The van der Waals surface area contributed by atoms with Crippen molar-refractivity contribution in [1.29, 1.82) is 0 Å². The van der Waals surface area contributed by atoms with E-state index < -0.39 is 0 Å². The third kappa shape index (κ3) is 4.82. The van der Waals surface area contributed by atoms with Gasteiger partial charge in [0.2, 0.25) is 5.91 Å². The highest BCUT2D eigenvalue weighted by Gasteiger charge is 2.00. The van der Waals surface area contributed by atoms with Gasteiger partial charge in [0.25, 0.3) is 0 Å². The number of hydrogen-bond acceptors (Lipinski definition) is 2. The number of amides is 1. The highest BCUT2D eigenvalue weighted by atomic mass is 16.5. The second kappa shape index (κ2) is 6.16. The number of hydrogen-bond donors (Lipinski definition) is 1. The van der Waals surface area contributed by atoms with E-state index in [-0.39, 0.29) is 12.3 Å². The van der Waals surface area contributed by atoms with Gasteiger partial charge in [-0.05, 0) is 30.0 Å². The van der Waals surface area contributed by atoms with Crippen LogP contribution in [0.5, 0.6) is 5.75 Å². The number of rotatable bonds is 6. The van der Waals surface area contributed by atoms with Gasteiger partial charge in [-0.1, -0.05) is 26.0 Å². The molecule has 2 N–H and O–H groups in total. The molecular weight excluding hydrogens is 202 g/mol. The Bertz CT molecular complexity index is 330. The summed E-state index contributed by atoms with van der Waals surface area (Å²) in [4.78, 5) is 10.7. The highest BCUT2D eigenvalue weighted by molar-refractivity contribution is 5.76. The monoisotopic (exact) mass is 221 g/mol. The lowest BCUT2D eigenvalue weighted by Gasteiger charge is -2.08. The van der Waals surface area contributed by atoms with Gasteiger partial charge in [0.1, 0.15) is 5.75 Å². The Balaban J connectivity index is 2.42. The Hall–Kier alpha value is -1.51. The average molecular weight is 221 g/mol. The topological polar surface area (TPSA) is 52.3 Å². The molecule has 0 saturated heterocycles. The van der Waals surface area contributed by atoms with Crippen LogP contribution in [-0.4, -0.2) is 12.5 Å². The van der Waals surface area contributed by atoms with Gasteiger partial charge in [-0.3, -0.25) is 4.79 Å². The summed E-state index contributed by atoms with van der Waals surface area (Å²) in [7, 11) is 0. The van der Waals surface area contributed by atoms with Crippen LogP contribution in [0.25, 0.3) is 0 Å². The second-order valence-corrected chi connectivity index (χ2v) is 4.32. The number of benzene rings is 1. The van der Waals surface area contributed by atoms with Gasteiger partial charge in [0.05, 0.1) is 13.0 Å². The Labute approximate surface area is 96.6 Å². The average Bonchev–Trinajstić information content (AvgIpc) is 2.19. The zero-order chi connectivity index (χ0) is 12.0. The van der Waals surface area contributed by atoms with E-state index >= 15 is 0 Å². The van der Waals surface area contributed by atoms with Gasteiger partial charge in [0.15, 0.2) is 0 Å². The van der Waals surface area contributed by atoms with Crippen LogP contribution in [0.1, 0.15) is 25.8 Å². The molecule has 1 aromatic rings. The van der Waals surface area contributed by atoms with Crippen molar-refractivity contribution in [2.75, 3.05) is 6.61 Å². The first kappa shape index (κ1) is 12.6. The van der Waals surface area contributed by atoms with Gasteiger partial charge >= 0.3 is 0 Å². The summed E-state index contributed by atoms with van der Waals surface area (Å²) in [5.41, 5.74) is 6.03. The molecule has 0 aliphatic rings. The van der Waals surface area contributed by atoms with E-state index in [0.717, 1.165) is 24.3 Å². The fraction of sp³-hybridized carbons (Fsp3) is 0.462. The fourth-order valence-corrected chi connectivity index (χ4v) is 1.32. The normalized spacial score (nSPS) is 10.4. The molecule has 1 amide bonds. The third-order valence-corrected chi connectivity index (χ3v) is 2.27. The number of carbonyl (C=O) groups excluding carboxylic acids is 1. The van der Waals surface area contributed by atoms with Gasteiger partial charge in [-0.2, -0.15) is 0 Å². The molecule has 0 bridgehead atoms. The smallest absolute Gasteiger partial charge is 0.221 e. The maximum atomic E-state index is 10.7. The van der Waals surface area contributed by atoms with E-state index in [1.54, 1.807) is 0 Å². The SMILES string of the molecule is CC(C)CCOc1ccc(CC(N)=O)cc1. The van der Waals surface area contributed by atoms with Crippen molar-refractivity contribution in [1.82, 2.24) is 0 Å². The lowest BCUT2D eigenvalue weighted by molar-refractivity contribution is -0.117. The molecule has 0 spiro atoms. The molecule has 0 aliphatic carbocycles. The summed E-state index contributed by atoms with van der Waals surface area (Å²) in [6.07, 6.45) is 1.33. The van der Waals surface area contributed by atoms with Crippen molar-refractivity contribution in [2.24, 2.45) is 11.7 Å². The molecule has 1 aromatic carbocycles.